The second kappa shape index (κ2) is 4.25. The van der Waals surface area contributed by atoms with Gasteiger partial charge in [0.25, 0.3) is 5.91 Å². The van der Waals surface area contributed by atoms with Crippen LogP contribution in [0, 0.1) is 11.3 Å². The van der Waals surface area contributed by atoms with Crippen molar-refractivity contribution < 1.29 is 24.3 Å². The van der Waals surface area contributed by atoms with Gasteiger partial charge in [0, 0.05) is 12.3 Å². The number of nitrogens with zero attached hydrogens (tertiary/aromatic N) is 1. The number of aliphatic hydroxyl groups is 1. The van der Waals surface area contributed by atoms with Gasteiger partial charge in [-0.1, -0.05) is 18.7 Å². The van der Waals surface area contributed by atoms with Crippen molar-refractivity contribution in [3.05, 3.63) is 24.4 Å². The third kappa shape index (κ3) is 1.29. The molecule has 3 rings (SSSR count). The number of hydrogen-bond donors (Lipinski definition) is 1. The molecule has 20 heavy (non-hydrogen) atoms. The fourth-order valence-corrected chi connectivity index (χ4v) is 3.76. The van der Waals surface area contributed by atoms with Crippen LogP contribution in [0.15, 0.2) is 24.4 Å². The number of fused-ring (bicyclic) bond motifs is 1. The Hall–Kier alpha value is -1.50. The van der Waals surface area contributed by atoms with Gasteiger partial charge < -0.3 is 9.84 Å². The summed E-state index contributed by atoms with van der Waals surface area (Å²) in [6.45, 7) is 5.65. The molecule has 1 saturated carbocycles. The van der Waals surface area contributed by atoms with Crippen LogP contribution in [-0.2, 0) is 19.2 Å². The molecular weight excluding hydrogens is 262 g/mol. The molecule has 5 atom stereocenters. The maximum absolute atomic E-state index is 12.7. The van der Waals surface area contributed by atoms with Crippen molar-refractivity contribution >= 4 is 11.7 Å². The van der Waals surface area contributed by atoms with Crippen LogP contribution >= 0.6 is 0 Å². The van der Waals surface area contributed by atoms with Crippen molar-refractivity contribution in [1.29, 1.82) is 0 Å². The Labute approximate surface area is 116 Å². The van der Waals surface area contributed by atoms with Gasteiger partial charge in [0.05, 0.1) is 18.9 Å². The number of ketones is 1. The maximum atomic E-state index is 12.7. The predicted octanol–water partition coefficient (Wildman–Crippen LogP) is 0.183. The molecule has 2 aliphatic heterocycles. The number of amides is 1. The van der Waals surface area contributed by atoms with Crippen LogP contribution in [-0.4, -0.2) is 47.3 Å². The number of carbonyl (C=O) groups is 2. The summed E-state index contributed by atoms with van der Waals surface area (Å²) < 4.78 is 5.85. The van der Waals surface area contributed by atoms with Gasteiger partial charge in [-0.25, -0.2) is 0 Å². The molecule has 3 fully saturated rings. The predicted molar refractivity (Wildman–Crippen MR) is 68.0 cm³/mol. The van der Waals surface area contributed by atoms with Gasteiger partial charge >= 0.3 is 0 Å². The molecule has 2 saturated heterocycles. The molecule has 2 heterocycles. The normalized spacial score (nSPS) is 43.8. The lowest BCUT2D eigenvalue weighted by Gasteiger charge is -2.38. The summed E-state index contributed by atoms with van der Waals surface area (Å²) >= 11 is 0. The quantitative estimate of drug-likeness (QED) is 0.730. The minimum Gasteiger partial charge on any atom is -0.384 e. The standard InChI is InChI=1S/C14H17NO5/c1-4-5-8-10-6-9(16)11(17)14(8)12(20-10)7(2)15(19-3)13(14)18/h4-5,8,10-12,17H,2,6H2,1,3H3/b5-4+/t8-,10-,11+,12-,14+/m0/s1. The largest absolute Gasteiger partial charge is 0.384 e. The average molecular weight is 279 g/mol. The minimum absolute atomic E-state index is 0.113. The molecule has 1 aliphatic carbocycles. The first-order valence-electron chi connectivity index (χ1n) is 6.56. The molecule has 0 unspecified atom stereocenters. The summed E-state index contributed by atoms with van der Waals surface area (Å²) in [7, 11) is 1.35. The summed E-state index contributed by atoms with van der Waals surface area (Å²) in [5, 5.41) is 11.4. The SMILES string of the molecule is C=C1[C@@H]2O[C@H]3CC(=O)[C@@H](O)[C@]2(C(=O)N1OC)[C@H]3/C=C/C. The second-order valence-corrected chi connectivity index (χ2v) is 5.39. The summed E-state index contributed by atoms with van der Waals surface area (Å²) in [6, 6.07) is 0. The van der Waals surface area contributed by atoms with Crippen molar-refractivity contribution in [2.24, 2.45) is 11.3 Å². The van der Waals surface area contributed by atoms with E-state index in [9.17, 15) is 14.7 Å². The van der Waals surface area contributed by atoms with Gasteiger partial charge in [0.15, 0.2) is 5.78 Å². The zero-order chi connectivity index (χ0) is 14.7. The van der Waals surface area contributed by atoms with Crippen LogP contribution in [0.4, 0.5) is 0 Å². The third-order valence-electron chi connectivity index (χ3n) is 4.56. The maximum Gasteiger partial charge on any atom is 0.263 e. The summed E-state index contributed by atoms with van der Waals surface area (Å²) in [5.41, 5.74) is -0.997. The van der Waals surface area contributed by atoms with E-state index in [0.717, 1.165) is 5.06 Å². The van der Waals surface area contributed by atoms with Crippen LogP contribution in [0.25, 0.3) is 0 Å². The molecular formula is C14H17NO5. The van der Waals surface area contributed by atoms with E-state index < -0.39 is 29.6 Å². The van der Waals surface area contributed by atoms with Crippen LogP contribution in [0.3, 0.4) is 0 Å². The minimum atomic E-state index is -1.39. The Kier molecular flexibility index (Phi) is 2.86. The summed E-state index contributed by atoms with van der Waals surface area (Å²) in [6.07, 6.45) is 1.23. The first-order chi connectivity index (χ1) is 9.49. The smallest absolute Gasteiger partial charge is 0.263 e. The number of carbonyl (C=O) groups excluding carboxylic acids is 2. The molecule has 6 heteroatoms. The van der Waals surface area contributed by atoms with Gasteiger partial charge in [-0.15, -0.1) is 0 Å². The Morgan fingerprint density at radius 1 is 1.55 bits per heavy atom. The third-order valence-corrected chi connectivity index (χ3v) is 4.56. The van der Waals surface area contributed by atoms with Gasteiger partial charge in [-0.2, -0.15) is 5.06 Å². The highest BCUT2D eigenvalue weighted by atomic mass is 16.7. The molecule has 0 aromatic carbocycles. The first-order valence-corrected chi connectivity index (χ1v) is 6.56. The average Bonchev–Trinajstić information content (AvgIpc) is 2.78. The van der Waals surface area contributed by atoms with Crippen molar-refractivity contribution in [1.82, 2.24) is 5.06 Å². The monoisotopic (exact) mass is 279 g/mol. The van der Waals surface area contributed by atoms with Crippen molar-refractivity contribution in [2.45, 2.75) is 31.7 Å². The number of hydroxylamine groups is 2. The van der Waals surface area contributed by atoms with E-state index in [1.165, 1.54) is 7.11 Å². The molecule has 3 aliphatic rings. The van der Waals surface area contributed by atoms with E-state index in [4.69, 9.17) is 9.57 Å². The lowest BCUT2D eigenvalue weighted by Crippen LogP contribution is -2.57. The topological polar surface area (TPSA) is 76.1 Å². The molecule has 108 valence electrons. The fourth-order valence-electron chi connectivity index (χ4n) is 3.76. The Balaban J connectivity index is 2.18. The molecule has 2 bridgehead atoms. The number of hydrogen-bond acceptors (Lipinski definition) is 5. The first kappa shape index (κ1) is 13.5. The number of allylic oxidation sites excluding steroid dienone is 1. The zero-order valence-corrected chi connectivity index (χ0v) is 11.4. The summed E-state index contributed by atoms with van der Waals surface area (Å²) in [5.74, 6) is -1.17. The molecule has 1 N–H and O–H groups in total. The second-order valence-electron chi connectivity index (χ2n) is 5.39. The van der Waals surface area contributed by atoms with Gasteiger partial charge in [0.2, 0.25) is 0 Å². The fraction of sp³-hybridized carbons (Fsp3) is 0.571. The molecule has 0 aromatic rings. The highest BCUT2D eigenvalue weighted by molar-refractivity contribution is 5.99. The number of Topliss-reactive ketones (excluding diaryl/α,β-unsaturated/α-hetero) is 1. The molecule has 1 spiro atoms. The van der Waals surface area contributed by atoms with Crippen LogP contribution in [0.2, 0.25) is 0 Å². The molecule has 6 nitrogen and oxygen atoms in total. The van der Waals surface area contributed by atoms with E-state index >= 15 is 0 Å². The zero-order valence-electron chi connectivity index (χ0n) is 11.4. The lowest BCUT2D eigenvalue weighted by molar-refractivity contribution is -0.178. The van der Waals surface area contributed by atoms with E-state index in [1.807, 2.05) is 13.0 Å². The molecule has 0 aromatic heterocycles. The van der Waals surface area contributed by atoms with Gasteiger partial charge in [-0.3, -0.25) is 14.4 Å². The molecule has 1 amide bonds. The Morgan fingerprint density at radius 3 is 2.85 bits per heavy atom. The van der Waals surface area contributed by atoms with Crippen LogP contribution < -0.4 is 0 Å². The van der Waals surface area contributed by atoms with Gasteiger partial charge in [-0.05, 0) is 6.92 Å². The number of aliphatic hydroxyl groups excluding tert-OH is 1. The van der Waals surface area contributed by atoms with E-state index in [-0.39, 0.29) is 18.1 Å². The van der Waals surface area contributed by atoms with Crippen molar-refractivity contribution in [2.75, 3.05) is 7.11 Å². The number of ether oxygens (including phenoxy) is 1. The van der Waals surface area contributed by atoms with E-state index in [2.05, 4.69) is 6.58 Å². The highest BCUT2D eigenvalue weighted by Crippen LogP contribution is 2.58. The van der Waals surface area contributed by atoms with Gasteiger partial charge in [0.1, 0.15) is 17.6 Å². The highest BCUT2D eigenvalue weighted by Gasteiger charge is 2.74. The molecule has 0 radical (unpaired) electrons. The van der Waals surface area contributed by atoms with E-state index in [1.54, 1.807) is 6.08 Å². The van der Waals surface area contributed by atoms with Crippen molar-refractivity contribution in [3.63, 3.8) is 0 Å². The lowest BCUT2D eigenvalue weighted by atomic mass is 9.62. The van der Waals surface area contributed by atoms with Crippen LogP contribution in [0.1, 0.15) is 13.3 Å². The van der Waals surface area contributed by atoms with E-state index in [0.29, 0.717) is 5.70 Å². The number of rotatable bonds is 2. The van der Waals surface area contributed by atoms with Crippen molar-refractivity contribution in [3.8, 4) is 0 Å². The van der Waals surface area contributed by atoms with Crippen LogP contribution in [0.5, 0.6) is 0 Å². The Bertz CT molecular complexity index is 528. The Morgan fingerprint density at radius 2 is 2.25 bits per heavy atom. The summed E-state index contributed by atoms with van der Waals surface area (Å²) in [4.78, 5) is 29.7.